The van der Waals surface area contributed by atoms with Crippen molar-refractivity contribution < 1.29 is 5.11 Å². The largest absolute Gasteiger partial charge is 0.387 e. The van der Waals surface area contributed by atoms with E-state index in [1.807, 2.05) is 37.4 Å². The van der Waals surface area contributed by atoms with Gasteiger partial charge in [0.2, 0.25) is 0 Å². The summed E-state index contributed by atoms with van der Waals surface area (Å²) in [5.74, 6) is 0. The lowest BCUT2D eigenvalue weighted by molar-refractivity contribution is 0.133. The first-order chi connectivity index (χ1) is 7.13. The summed E-state index contributed by atoms with van der Waals surface area (Å²) in [6.07, 6.45) is -0.545. The van der Waals surface area contributed by atoms with Gasteiger partial charge >= 0.3 is 0 Å². The van der Waals surface area contributed by atoms with Gasteiger partial charge in [0, 0.05) is 11.0 Å². The molecule has 1 rings (SSSR count). The van der Waals surface area contributed by atoms with Gasteiger partial charge in [-0.2, -0.15) is 5.26 Å². The standard InChI is InChI=1S/C11H13BrN2O/c1-14(7-6-13)8-11(15)9-2-4-10(12)5-3-9/h2-5,11,15H,7-8H2,1H3. The molecule has 0 aliphatic heterocycles. The van der Waals surface area contributed by atoms with Crippen LogP contribution in [0.3, 0.4) is 0 Å². The van der Waals surface area contributed by atoms with Crippen molar-refractivity contribution in [2.45, 2.75) is 6.10 Å². The van der Waals surface area contributed by atoms with E-state index in [4.69, 9.17) is 5.26 Å². The normalized spacial score (nSPS) is 12.5. The maximum absolute atomic E-state index is 9.84. The average Bonchev–Trinajstić information content (AvgIpc) is 2.18. The van der Waals surface area contributed by atoms with Crippen LogP contribution in [-0.2, 0) is 0 Å². The third-order valence-electron chi connectivity index (χ3n) is 2.08. The van der Waals surface area contributed by atoms with Gasteiger partial charge in [0.1, 0.15) is 0 Å². The van der Waals surface area contributed by atoms with Gasteiger partial charge in [0.05, 0.1) is 18.7 Å². The van der Waals surface area contributed by atoms with Crippen molar-refractivity contribution >= 4 is 15.9 Å². The van der Waals surface area contributed by atoms with Gasteiger partial charge < -0.3 is 5.11 Å². The summed E-state index contributed by atoms with van der Waals surface area (Å²) >= 11 is 3.34. The van der Waals surface area contributed by atoms with Crippen molar-refractivity contribution in [3.05, 3.63) is 34.3 Å². The summed E-state index contributed by atoms with van der Waals surface area (Å²) in [7, 11) is 1.81. The van der Waals surface area contributed by atoms with Crippen molar-refractivity contribution in [3.8, 4) is 6.07 Å². The lowest BCUT2D eigenvalue weighted by Crippen LogP contribution is -2.24. The zero-order chi connectivity index (χ0) is 11.3. The minimum Gasteiger partial charge on any atom is -0.387 e. The molecule has 0 spiro atoms. The van der Waals surface area contributed by atoms with Crippen LogP contribution < -0.4 is 0 Å². The van der Waals surface area contributed by atoms with E-state index in [9.17, 15) is 5.11 Å². The average molecular weight is 269 g/mol. The maximum atomic E-state index is 9.84. The fourth-order valence-corrected chi connectivity index (χ4v) is 1.54. The number of likely N-dealkylation sites (N-methyl/N-ethyl adjacent to an activating group) is 1. The molecule has 1 atom stereocenters. The van der Waals surface area contributed by atoms with Crippen LogP contribution in [0.25, 0.3) is 0 Å². The van der Waals surface area contributed by atoms with Crippen molar-refractivity contribution in [1.82, 2.24) is 4.90 Å². The van der Waals surface area contributed by atoms with Crippen LogP contribution in [0.4, 0.5) is 0 Å². The molecule has 0 bridgehead atoms. The van der Waals surface area contributed by atoms with Gasteiger partial charge in [0.15, 0.2) is 0 Å². The Hall–Kier alpha value is -0.890. The Morgan fingerprint density at radius 2 is 2.07 bits per heavy atom. The molecule has 80 valence electrons. The Labute approximate surface area is 98.1 Å². The predicted molar refractivity (Wildman–Crippen MR) is 62.2 cm³/mol. The van der Waals surface area contributed by atoms with Gasteiger partial charge in [-0.1, -0.05) is 28.1 Å². The van der Waals surface area contributed by atoms with Crippen molar-refractivity contribution in [2.75, 3.05) is 20.1 Å². The molecule has 0 amide bonds. The lowest BCUT2D eigenvalue weighted by Gasteiger charge is -2.17. The van der Waals surface area contributed by atoms with Crippen LogP contribution >= 0.6 is 15.9 Å². The predicted octanol–water partition coefficient (Wildman–Crippen LogP) is 1.94. The van der Waals surface area contributed by atoms with Gasteiger partial charge in [-0.05, 0) is 24.7 Å². The molecule has 0 aromatic heterocycles. The number of benzene rings is 1. The highest BCUT2D eigenvalue weighted by Gasteiger charge is 2.09. The quantitative estimate of drug-likeness (QED) is 0.850. The summed E-state index contributed by atoms with van der Waals surface area (Å²) in [5.41, 5.74) is 0.864. The third kappa shape index (κ3) is 4.00. The van der Waals surface area contributed by atoms with E-state index in [1.165, 1.54) is 0 Å². The molecule has 1 unspecified atom stereocenters. The molecule has 0 radical (unpaired) electrons. The summed E-state index contributed by atoms with van der Waals surface area (Å²) < 4.78 is 0.990. The van der Waals surface area contributed by atoms with Crippen molar-refractivity contribution in [2.24, 2.45) is 0 Å². The van der Waals surface area contributed by atoms with Crippen LogP contribution in [0, 0.1) is 11.3 Å². The number of nitriles is 1. The highest BCUT2D eigenvalue weighted by atomic mass is 79.9. The molecule has 1 aromatic carbocycles. The Morgan fingerprint density at radius 1 is 1.47 bits per heavy atom. The van der Waals surface area contributed by atoms with E-state index in [0.717, 1.165) is 10.0 Å². The molecule has 0 saturated carbocycles. The smallest absolute Gasteiger partial charge is 0.0917 e. The monoisotopic (exact) mass is 268 g/mol. The van der Waals surface area contributed by atoms with Gasteiger partial charge in [-0.25, -0.2) is 0 Å². The first kappa shape index (κ1) is 12.2. The Bertz CT molecular complexity index is 345. The van der Waals surface area contributed by atoms with Crippen LogP contribution in [0.1, 0.15) is 11.7 Å². The zero-order valence-electron chi connectivity index (χ0n) is 8.52. The second kappa shape index (κ2) is 5.86. The van der Waals surface area contributed by atoms with Crippen LogP contribution in [0.5, 0.6) is 0 Å². The first-order valence-electron chi connectivity index (χ1n) is 4.62. The summed E-state index contributed by atoms with van der Waals surface area (Å²) in [6, 6.07) is 9.56. The minimum atomic E-state index is -0.545. The fourth-order valence-electron chi connectivity index (χ4n) is 1.27. The number of rotatable bonds is 4. The Balaban J connectivity index is 2.57. The number of hydrogen-bond acceptors (Lipinski definition) is 3. The van der Waals surface area contributed by atoms with Crippen LogP contribution in [0.2, 0.25) is 0 Å². The number of halogens is 1. The molecular weight excluding hydrogens is 256 g/mol. The Morgan fingerprint density at radius 3 is 2.60 bits per heavy atom. The van der Waals surface area contributed by atoms with E-state index in [1.54, 1.807) is 4.90 Å². The van der Waals surface area contributed by atoms with Gasteiger partial charge in [-0.3, -0.25) is 4.90 Å². The zero-order valence-corrected chi connectivity index (χ0v) is 10.1. The molecular formula is C11H13BrN2O. The molecule has 1 aromatic rings. The van der Waals surface area contributed by atoms with Crippen LogP contribution in [0.15, 0.2) is 28.7 Å². The topological polar surface area (TPSA) is 47.3 Å². The molecule has 1 N–H and O–H groups in total. The third-order valence-corrected chi connectivity index (χ3v) is 2.61. The number of aliphatic hydroxyl groups is 1. The first-order valence-corrected chi connectivity index (χ1v) is 5.42. The van der Waals surface area contributed by atoms with Crippen molar-refractivity contribution in [3.63, 3.8) is 0 Å². The van der Waals surface area contributed by atoms with E-state index >= 15 is 0 Å². The van der Waals surface area contributed by atoms with E-state index in [2.05, 4.69) is 15.9 Å². The van der Waals surface area contributed by atoms with E-state index in [-0.39, 0.29) is 0 Å². The van der Waals surface area contributed by atoms with E-state index < -0.39 is 6.10 Å². The maximum Gasteiger partial charge on any atom is 0.0917 e. The molecule has 0 saturated heterocycles. The van der Waals surface area contributed by atoms with Gasteiger partial charge in [0.25, 0.3) is 0 Å². The number of nitrogens with zero attached hydrogens (tertiary/aromatic N) is 2. The molecule has 0 fully saturated rings. The lowest BCUT2D eigenvalue weighted by atomic mass is 10.1. The molecule has 15 heavy (non-hydrogen) atoms. The Kier molecular flexibility index (Phi) is 4.76. The minimum absolute atomic E-state index is 0.327. The molecule has 4 heteroatoms. The fraction of sp³-hybridized carbons (Fsp3) is 0.364. The van der Waals surface area contributed by atoms with E-state index in [0.29, 0.717) is 13.1 Å². The number of hydrogen-bond donors (Lipinski definition) is 1. The molecule has 0 aliphatic carbocycles. The number of aliphatic hydroxyl groups excluding tert-OH is 1. The summed E-state index contributed by atoms with van der Waals surface area (Å²) in [6.45, 7) is 0.794. The highest BCUT2D eigenvalue weighted by molar-refractivity contribution is 9.10. The second-order valence-corrected chi connectivity index (χ2v) is 4.34. The summed E-state index contributed by atoms with van der Waals surface area (Å²) in [4.78, 5) is 1.78. The molecule has 0 aliphatic rings. The molecule has 0 heterocycles. The van der Waals surface area contributed by atoms with Crippen LogP contribution in [-0.4, -0.2) is 30.1 Å². The van der Waals surface area contributed by atoms with Gasteiger partial charge in [-0.15, -0.1) is 0 Å². The molecule has 3 nitrogen and oxygen atoms in total. The second-order valence-electron chi connectivity index (χ2n) is 3.42. The SMILES string of the molecule is CN(CC#N)CC(O)c1ccc(Br)cc1. The highest BCUT2D eigenvalue weighted by Crippen LogP contribution is 2.17. The van der Waals surface area contributed by atoms with Crippen molar-refractivity contribution in [1.29, 1.82) is 5.26 Å². The summed E-state index contributed by atoms with van der Waals surface area (Å²) in [5, 5.41) is 18.3.